The van der Waals surface area contributed by atoms with Crippen molar-refractivity contribution in [1.82, 2.24) is 9.97 Å². The van der Waals surface area contributed by atoms with Gasteiger partial charge in [-0.05, 0) is 12.1 Å². The summed E-state index contributed by atoms with van der Waals surface area (Å²) in [6.45, 7) is 0. The van der Waals surface area contributed by atoms with Crippen LogP contribution in [0.3, 0.4) is 0 Å². The van der Waals surface area contributed by atoms with Gasteiger partial charge in [0.2, 0.25) is 0 Å². The Hall–Kier alpha value is -2.17. The molecular formula is C9H6N2O3. The van der Waals surface area contributed by atoms with Crippen molar-refractivity contribution in [3.05, 3.63) is 36.5 Å². The van der Waals surface area contributed by atoms with Gasteiger partial charge in [-0.1, -0.05) is 0 Å². The fourth-order valence-electron chi connectivity index (χ4n) is 1.09. The fourth-order valence-corrected chi connectivity index (χ4v) is 1.09. The van der Waals surface area contributed by atoms with Gasteiger partial charge in [-0.15, -0.1) is 0 Å². The standard InChI is InChI=1S/C9H6N2O3/c12-9(13)8-7(10-3-4-11-8)6-2-1-5-14-6/h1-5H,(H,12,13). The molecule has 2 aromatic rings. The minimum atomic E-state index is -1.12. The van der Waals surface area contributed by atoms with E-state index < -0.39 is 5.97 Å². The number of rotatable bonds is 2. The summed E-state index contributed by atoms with van der Waals surface area (Å²) in [6, 6.07) is 3.30. The fraction of sp³-hybridized carbons (Fsp3) is 0. The predicted molar refractivity (Wildman–Crippen MR) is 46.7 cm³/mol. The highest BCUT2D eigenvalue weighted by Crippen LogP contribution is 2.19. The molecule has 1 N–H and O–H groups in total. The van der Waals surface area contributed by atoms with Gasteiger partial charge < -0.3 is 9.52 Å². The molecule has 0 spiro atoms. The molecule has 14 heavy (non-hydrogen) atoms. The third-order valence-corrected chi connectivity index (χ3v) is 1.66. The van der Waals surface area contributed by atoms with Crippen molar-refractivity contribution in [2.24, 2.45) is 0 Å². The van der Waals surface area contributed by atoms with Gasteiger partial charge in [0, 0.05) is 12.4 Å². The van der Waals surface area contributed by atoms with Gasteiger partial charge in [0.05, 0.1) is 6.26 Å². The van der Waals surface area contributed by atoms with Crippen molar-refractivity contribution in [1.29, 1.82) is 0 Å². The number of carboxylic acid groups (broad SMARTS) is 1. The Balaban J connectivity index is 2.58. The molecule has 0 radical (unpaired) electrons. The number of aromatic nitrogens is 2. The van der Waals surface area contributed by atoms with Crippen LogP contribution in [0.15, 0.2) is 35.2 Å². The molecule has 2 rings (SSSR count). The van der Waals surface area contributed by atoms with Crippen LogP contribution in [0.5, 0.6) is 0 Å². The summed E-state index contributed by atoms with van der Waals surface area (Å²) in [7, 11) is 0. The molecule has 0 saturated carbocycles. The van der Waals surface area contributed by atoms with E-state index in [1.807, 2.05) is 0 Å². The molecule has 2 aromatic heterocycles. The average Bonchev–Trinajstić information content (AvgIpc) is 2.70. The summed E-state index contributed by atoms with van der Waals surface area (Å²) < 4.78 is 5.04. The van der Waals surface area contributed by atoms with Gasteiger partial charge in [0.15, 0.2) is 11.5 Å². The number of carbonyl (C=O) groups is 1. The Bertz CT molecular complexity index is 451. The van der Waals surface area contributed by atoms with E-state index in [4.69, 9.17) is 9.52 Å². The Morgan fingerprint density at radius 1 is 1.36 bits per heavy atom. The van der Waals surface area contributed by atoms with E-state index in [9.17, 15) is 4.79 Å². The third-order valence-electron chi connectivity index (χ3n) is 1.66. The van der Waals surface area contributed by atoms with Crippen molar-refractivity contribution in [3.8, 4) is 11.5 Å². The van der Waals surface area contributed by atoms with Crippen molar-refractivity contribution in [2.45, 2.75) is 0 Å². The third kappa shape index (κ3) is 1.35. The second kappa shape index (κ2) is 3.29. The van der Waals surface area contributed by atoms with Gasteiger partial charge in [-0.3, -0.25) is 0 Å². The zero-order valence-electron chi connectivity index (χ0n) is 7.04. The summed E-state index contributed by atoms with van der Waals surface area (Å²) in [5.74, 6) is -0.722. The minimum Gasteiger partial charge on any atom is -0.476 e. The van der Waals surface area contributed by atoms with Crippen LogP contribution >= 0.6 is 0 Å². The minimum absolute atomic E-state index is 0.109. The Kier molecular flexibility index (Phi) is 1.98. The average molecular weight is 190 g/mol. The lowest BCUT2D eigenvalue weighted by molar-refractivity contribution is 0.0690. The van der Waals surface area contributed by atoms with Crippen LogP contribution in [0.1, 0.15) is 10.5 Å². The lowest BCUT2D eigenvalue weighted by atomic mass is 10.2. The van der Waals surface area contributed by atoms with Gasteiger partial charge in [0.25, 0.3) is 0 Å². The van der Waals surface area contributed by atoms with E-state index in [0.29, 0.717) is 5.76 Å². The maximum absolute atomic E-state index is 10.8. The zero-order chi connectivity index (χ0) is 9.97. The van der Waals surface area contributed by atoms with Crippen LogP contribution < -0.4 is 0 Å². The van der Waals surface area contributed by atoms with Gasteiger partial charge in [0.1, 0.15) is 5.69 Å². The molecule has 5 heteroatoms. The highest BCUT2D eigenvalue weighted by Gasteiger charge is 2.15. The molecular weight excluding hydrogens is 184 g/mol. The lowest BCUT2D eigenvalue weighted by Gasteiger charge is -1.98. The number of furan rings is 1. The second-order valence-electron chi connectivity index (χ2n) is 2.54. The van der Waals surface area contributed by atoms with Crippen molar-refractivity contribution in [3.63, 3.8) is 0 Å². The number of hydrogen-bond acceptors (Lipinski definition) is 4. The van der Waals surface area contributed by atoms with Crippen molar-refractivity contribution in [2.75, 3.05) is 0 Å². The predicted octanol–water partition coefficient (Wildman–Crippen LogP) is 1.43. The SMILES string of the molecule is O=C(O)c1nccnc1-c1ccco1. The molecule has 0 aliphatic heterocycles. The van der Waals surface area contributed by atoms with Gasteiger partial charge in [-0.2, -0.15) is 0 Å². The molecule has 0 aliphatic carbocycles. The molecule has 2 heterocycles. The molecule has 70 valence electrons. The first kappa shape index (κ1) is 8.43. The summed E-state index contributed by atoms with van der Waals surface area (Å²) in [6.07, 6.45) is 4.20. The van der Waals surface area contributed by atoms with E-state index in [0.717, 1.165) is 0 Å². The van der Waals surface area contributed by atoms with E-state index >= 15 is 0 Å². The van der Waals surface area contributed by atoms with Crippen LogP contribution in [0.4, 0.5) is 0 Å². The number of aromatic carboxylic acids is 1. The maximum Gasteiger partial charge on any atom is 0.356 e. The highest BCUT2D eigenvalue weighted by atomic mass is 16.4. The van der Waals surface area contributed by atoms with E-state index in [2.05, 4.69) is 9.97 Å². The first-order valence-electron chi connectivity index (χ1n) is 3.87. The van der Waals surface area contributed by atoms with Crippen LogP contribution in [-0.4, -0.2) is 21.0 Å². The van der Waals surface area contributed by atoms with Gasteiger partial charge >= 0.3 is 5.97 Å². The Morgan fingerprint density at radius 2 is 2.14 bits per heavy atom. The summed E-state index contributed by atoms with van der Waals surface area (Å²) >= 11 is 0. The van der Waals surface area contributed by atoms with Crippen molar-refractivity contribution < 1.29 is 14.3 Å². The molecule has 0 fully saturated rings. The Labute approximate surface area is 79.0 Å². The van der Waals surface area contributed by atoms with Crippen LogP contribution in [0, 0.1) is 0 Å². The maximum atomic E-state index is 10.8. The van der Waals surface area contributed by atoms with Gasteiger partial charge in [-0.25, -0.2) is 14.8 Å². The topological polar surface area (TPSA) is 76.2 Å². The zero-order valence-corrected chi connectivity index (χ0v) is 7.04. The van der Waals surface area contributed by atoms with Crippen molar-refractivity contribution >= 4 is 5.97 Å². The summed E-state index contributed by atoms with van der Waals surface area (Å²) in [5, 5.41) is 8.82. The molecule has 0 unspecified atom stereocenters. The number of nitrogens with zero attached hydrogens (tertiary/aromatic N) is 2. The largest absolute Gasteiger partial charge is 0.476 e. The van der Waals surface area contributed by atoms with E-state index in [1.165, 1.54) is 18.7 Å². The molecule has 5 nitrogen and oxygen atoms in total. The second-order valence-corrected chi connectivity index (χ2v) is 2.54. The van der Waals surface area contributed by atoms with E-state index in [1.54, 1.807) is 12.1 Å². The first-order valence-corrected chi connectivity index (χ1v) is 3.87. The number of hydrogen-bond donors (Lipinski definition) is 1. The molecule has 0 atom stereocenters. The highest BCUT2D eigenvalue weighted by molar-refractivity contribution is 5.91. The van der Waals surface area contributed by atoms with Crippen LogP contribution in [0.2, 0.25) is 0 Å². The Morgan fingerprint density at radius 3 is 2.79 bits per heavy atom. The molecule has 0 amide bonds. The molecule has 0 bridgehead atoms. The smallest absolute Gasteiger partial charge is 0.356 e. The first-order chi connectivity index (χ1) is 6.79. The molecule has 0 aliphatic rings. The monoisotopic (exact) mass is 190 g/mol. The summed E-state index contributed by atoms with van der Waals surface area (Å²) in [5.41, 5.74) is 0.132. The van der Waals surface area contributed by atoms with E-state index in [-0.39, 0.29) is 11.4 Å². The van der Waals surface area contributed by atoms with Crippen LogP contribution in [0.25, 0.3) is 11.5 Å². The molecule has 0 saturated heterocycles. The quantitative estimate of drug-likeness (QED) is 0.775. The van der Waals surface area contributed by atoms with Crippen LogP contribution in [-0.2, 0) is 0 Å². The number of carboxylic acids is 1. The normalized spacial score (nSPS) is 10.0. The lowest BCUT2D eigenvalue weighted by Crippen LogP contribution is -2.03. The summed E-state index contributed by atoms with van der Waals surface area (Å²) in [4.78, 5) is 18.4. The molecule has 0 aromatic carbocycles.